The van der Waals surface area contributed by atoms with Crippen LogP contribution in [-0.2, 0) is 16.0 Å². The van der Waals surface area contributed by atoms with Gasteiger partial charge in [-0.1, -0.05) is 28.9 Å². The molecule has 3 fully saturated rings. The van der Waals surface area contributed by atoms with Crippen LogP contribution in [0.2, 0.25) is 0 Å². The summed E-state index contributed by atoms with van der Waals surface area (Å²) < 4.78 is 20.6. The SMILES string of the molecule is CCc1ccc(Oc2ccc(Br)cc2F)cc1C1C(=O)C2C3CCC(C3)C2C1=O. The number of carbonyl (C=O) groups excluding carboxylic acids is 2. The molecule has 0 aromatic heterocycles. The van der Waals surface area contributed by atoms with Crippen LogP contribution in [0.4, 0.5) is 4.39 Å². The number of hydrogen-bond donors (Lipinski definition) is 0. The van der Waals surface area contributed by atoms with Gasteiger partial charge in [0.1, 0.15) is 11.7 Å². The highest BCUT2D eigenvalue weighted by molar-refractivity contribution is 9.10. The summed E-state index contributed by atoms with van der Waals surface area (Å²) in [6.07, 6.45) is 3.90. The number of fused-ring (bicyclic) bond motifs is 5. The molecule has 2 aromatic rings. The molecule has 3 aliphatic carbocycles. The first kappa shape index (κ1) is 19.0. The van der Waals surface area contributed by atoms with E-state index in [0.29, 0.717) is 22.1 Å². The number of ketones is 2. The molecule has 0 amide bonds. The number of ether oxygens (including phenoxy) is 1. The van der Waals surface area contributed by atoms with E-state index in [4.69, 9.17) is 4.74 Å². The molecule has 150 valence electrons. The number of halogens is 2. The van der Waals surface area contributed by atoms with Crippen LogP contribution in [-0.4, -0.2) is 11.6 Å². The van der Waals surface area contributed by atoms with Crippen LogP contribution in [0.25, 0.3) is 0 Å². The molecule has 0 aliphatic heterocycles. The lowest BCUT2D eigenvalue weighted by atomic mass is 9.81. The molecule has 3 saturated carbocycles. The molecule has 2 bridgehead atoms. The summed E-state index contributed by atoms with van der Waals surface area (Å²) >= 11 is 3.24. The second-order valence-electron chi connectivity index (χ2n) is 8.51. The van der Waals surface area contributed by atoms with Gasteiger partial charge in [-0.2, -0.15) is 0 Å². The maximum absolute atomic E-state index is 14.2. The van der Waals surface area contributed by atoms with Crippen molar-refractivity contribution in [3.63, 3.8) is 0 Å². The molecule has 29 heavy (non-hydrogen) atoms. The predicted octanol–water partition coefficient (Wildman–Crippen LogP) is 5.84. The van der Waals surface area contributed by atoms with Gasteiger partial charge in [-0.25, -0.2) is 4.39 Å². The lowest BCUT2D eigenvalue weighted by Gasteiger charge is -2.21. The zero-order valence-electron chi connectivity index (χ0n) is 16.2. The summed E-state index contributed by atoms with van der Waals surface area (Å²) in [5.74, 6) is 0.153. The van der Waals surface area contributed by atoms with Gasteiger partial charge in [-0.15, -0.1) is 0 Å². The number of rotatable bonds is 4. The van der Waals surface area contributed by atoms with Crippen LogP contribution in [0.3, 0.4) is 0 Å². The fourth-order valence-electron chi connectivity index (χ4n) is 5.85. The van der Waals surface area contributed by atoms with Crippen molar-refractivity contribution in [2.45, 2.75) is 38.5 Å². The Morgan fingerprint density at radius 3 is 2.34 bits per heavy atom. The Morgan fingerprint density at radius 1 is 1.03 bits per heavy atom. The first-order chi connectivity index (χ1) is 14.0. The molecule has 3 nitrogen and oxygen atoms in total. The van der Waals surface area contributed by atoms with E-state index in [1.807, 2.05) is 13.0 Å². The Kier molecular flexibility index (Phi) is 4.61. The van der Waals surface area contributed by atoms with Crippen molar-refractivity contribution in [1.82, 2.24) is 0 Å². The first-order valence-corrected chi connectivity index (χ1v) is 11.1. The molecule has 0 heterocycles. The molecule has 0 spiro atoms. The second kappa shape index (κ2) is 7.05. The highest BCUT2D eigenvalue weighted by atomic mass is 79.9. The fourth-order valence-corrected chi connectivity index (χ4v) is 6.19. The van der Waals surface area contributed by atoms with Gasteiger partial charge in [-0.3, -0.25) is 9.59 Å². The summed E-state index contributed by atoms with van der Waals surface area (Å²) in [7, 11) is 0. The molecule has 4 atom stereocenters. The van der Waals surface area contributed by atoms with Crippen molar-refractivity contribution in [2.24, 2.45) is 23.7 Å². The average molecular weight is 457 g/mol. The van der Waals surface area contributed by atoms with Gasteiger partial charge in [0.25, 0.3) is 0 Å². The van der Waals surface area contributed by atoms with E-state index < -0.39 is 11.7 Å². The molecule has 5 rings (SSSR count). The minimum Gasteiger partial charge on any atom is -0.454 e. The third-order valence-corrected chi connectivity index (χ3v) is 7.57. The molecule has 0 N–H and O–H groups in total. The van der Waals surface area contributed by atoms with E-state index in [1.54, 1.807) is 24.3 Å². The molecule has 0 radical (unpaired) electrons. The first-order valence-electron chi connectivity index (χ1n) is 10.3. The van der Waals surface area contributed by atoms with E-state index in [0.717, 1.165) is 36.8 Å². The van der Waals surface area contributed by atoms with Gasteiger partial charge in [0.05, 0.1) is 0 Å². The van der Waals surface area contributed by atoms with Crippen LogP contribution in [0, 0.1) is 29.5 Å². The molecule has 0 saturated heterocycles. The Bertz CT molecular complexity index is 989. The van der Waals surface area contributed by atoms with Gasteiger partial charge >= 0.3 is 0 Å². The molecule has 4 unspecified atom stereocenters. The monoisotopic (exact) mass is 456 g/mol. The standard InChI is InChI=1S/C24H22BrFO3/c1-2-12-5-7-16(29-19-8-6-15(25)10-18(19)26)11-17(12)22-23(27)20-13-3-4-14(9-13)21(20)24(22)28/h5-8,10-11,13-14,20-22H,2-4,9H2,1H3. The summed E-state index contributed by atoms with van der Waals surface area (Å²) in [5, 5.41) is 0. The molecule has 3 aliphatic rings. The van der Waals surface area contributed by atoms with E-state index in [1.165, 1.54) is 6.07 Å². The van der Waals surface area contributed by atoms with Crippen molar-refractivity contribution in [3.05, 3.63) is 57.8 Å². The lowest BCUT2D eigenvalue weighted by Crippen LogP contribution is -2.24. The number of benzene rings is 2. The van der Waals surface area contributed by atoms with E-state index >= 15 is 0 Å². The number of aryl methyl sites for hydroxylation is 1. The largest absolute Gasteiger partial charge is 0.454 e. The maximum Gasteiger partial charge on any atom is 0.166 e. The zero-order chi connectivity index (χ0) is 20.3. The van der Waals surface area contributed by atoms with Gasteiger partial charge < -0.3 is 4.74 Å². The van der Waals surface area contributed by atoms with Crippen molar-refractivity contribution in [1.29, 1.82) is 0 Å². The molecular formula is C24H22BrFO3. The zero-order valence-corrected chi connectivity index (χ0v) is 17.7. The third-order valence-electron chi connectivity index (χ3n) is 7.07. The van der Waals surface area contributed by atoms with Gasteiger partial charge in [0.2, 0.25) is 0 Å². The Hall–Kier alpha value is -2.01. The minimum atomic E-state index is -0.693. The van der Waals surface area contributed by atoms with E-state index in [2.05, 4.69) is 15.9 Å². The molecular weight excluding hydrogens is 435 g/mol. The molecule has 5 heteroatoms. The minimum absolute atomic E-state index is 0.0915. The van der Waals surface area contributed by atoms with Gasteiger partial charge in [0.15, 0.2) is 23.1 Å². The van der Waals surface area contributed by atoms with Crippen LogP contribution in [0.1, 0.15) is 43.2 Å². The van der Waals surface area contributed by atoms with Crippen molar-refractivity contribution < 1.29 is 18.7 Å². The van der Waals surface area contributed by atoms with Crippen LogP contribution in [0.5, 0.6) is 11.5 Å². The Labute approximate surface area is 177 Å². The van der Waals surface area contributed by atoms with Crippen molar-refractivity contribution in [3.8, 4) is 11.5 Å². The smallest absolute Gasteiger partial charge is 0.166 e. The maximum atomic E-state index is 14.2. The lowest BCUT2D eigenvalue weighted by molar-refractivity contribution is -0.125. The Balaban J connectivity index is 1.50. The fraction of sp³-hybridized carbons (Fsp3) is 0.417. The van der Waals surface area contributed by atoms with Gasteiger partial charge in [0, 0.05) is 16.3 Å². The van der Waals surface area contributed by atoms with Crippen molar-refractivity contribution >= 4 is 27.5 Å². The summed E-state index contributed by atoms with van der Waals surface area (Å²) in [5.41, 5.74) is 1.72. The normalized spacial score (nSPS) is 30.1. The van der Waals surface area contributed by atoms with Crippen LogP contribution in [0.15, 0.2) is 40.9 Å². The van der Waals surface area contributed by atoms with Crippen molar-refractivity contribution in [2.75, 3.05) is 0 Å². The highest BCUT2D eigenvalue weighted by Crippen LogP contribution is 2.59. The third kappa shape index (κ3) is 2.97. The van der Waals surface area contributed by atoms with E-state index in [-0.39, 0.29) is 29.2 Å². The average Bonchev–Trinajstić information content (AvgIpc) is 3.38. The number of Topliss-reactive ketones (excluding diaryl/α,β-unsaturated/α-hetero) is 2. The highest BCUT2D eigenvalue weighted by Gasteiger charge is 2.61. The summed E-state index contributed by atoms with van der Waals surface area (Å²) in [4.78, 5) is 26.6. The number of carbonyl (C=O) groups is 2. The quantitative estimate of drug-likeness (QED) is 0.542. The number of hydrogen-bond acceptors (Lipinski definition) is 3. The van der Waals surface area contributed by atoms with E-state index in [9.17, 15) is 14.0 Å². The second-order valence-corrected chi connectivity index (χ2v) is 9.43. The van der Waals surface area contributed by atoms with Crippen LogP contribution >= 0.6 is 15.9 Å². The Morgan fingerprint density at radius 2 is 1.72 bits per heavy atom. The summed E-state index contributed by atoms with van der Waals surface area (Å²) in [6, 6.07) is 10.0. The predicted molar refractivity (Wildman–Crippen MR) is 111 cm³/mol. The molecule has 2 aromatic carbocycles. The van der Waals surface area contributed by atoms with Gasteiger partial charge in [-0.05, 0) is 79.0 Å². The summed E-state index contributed by atoms with van der Waals surface area (Å²) in [6.45, 7) is 2.02. The topological polar surface area (TPSA) is 43.4 Å². The van der Waals surface area contributed by atoms with Crippen LogP contribution < -0.4 is 4.74 Å².